The fourth-order valence-electron chi connectivity index (χ4n) is 3.84. The molecule has 0 aliphatic heterocycles. The highest BCUT2D eigenvalue weighted by molar-refractivity contribution is 5.66. The third-order valence-corrected chi connectivity index (χ3v) is 5.07. The van der Waals surface area contributed by atoms with Crippen LogP contribution in [0.25, 0.3) is 0 Å². The van der Waals surface area contributed by atoms with Crippen LogP contribution in [0.4, 0.5) is 4.79 Å². The van der Waals surface area contributed by atoms with Gasteiger partial charge in [-0.3, -0.25) is 4.90 Å². The minimum atomic E-state index is -0.962. The van der Waals surface area contributed by atoms with E-state index in [0.29, 0.717) is 0 Å². The highest BCUT2D eigenvalue weighted by Gasteiger charge is 2.37. The molecule has 1 amide bonds. The van der Waals surface area contributed by atoms with Gasteiger partial charge in [-0.1, -0.05) is 79.9 Å². The fraction of sp³-hybridized carbons (Fsp3) is 0.381. The van der Waals surface area contributed by atoms with Gasteiger partial charge < -0.3 is 10.2 Å². The van der Waals surface area contributed by atoms with Crippen molar-refractivity contribution in [1.82, 2.24) is 4.90 Å². The van der Waals surface area contributed by atoms with Crippen LogP contribution in [0.3, 0.4) is 0 Å². The number of carbonyl (C=O) groups is 1. The zero-order chi connectivity index (χ0) is 17.6. The van der Waals surface area contributed by atoms with E-state index in [1.807, 2.05) is 60.7 Å². The van der Waals surface area contributed by atoms with Gasteiger partial charge in [0.05, 0.1) is 6.04 Å². The molecule has 0 spiro atoms. The van der Waals surface area contributed by atoms with Crippen molar-refractivity contribution in [3.05, 3.63) is 71.8 Å². The third-order valence-electron chi connectivity index (χ3n) is 5.07. The SMILES string of the molecule is O=C(O)N(C1CCCCC1)C(c1ccccc1)C(O)c1ccccc1. The summed E-state index contributed by atoms with van der Waals surface area (Å²) in [6, 6.07) is 18.2. The number of rotatable bonds is 5. The molecule has 2 unspecified atom stereocenters. The largest absolute Gasteiger partial charge is 0.465 e. The van der Waals surface area contributed by atoms with E-state index in [4.69, 9.17) is 0 Å². The Morgan fingerprint density at radius 1 is 0.880 bits per heavy atom. The summed E-state index contributed by atoms with van der Waals surface area (Å²) in [7, 11) is 0. The van der Waals surface area contributed by atoms with Crippen LogP contribution in [0.2, 0.25) is 0 Å². The van der Waals surface area contributed by atoms with Crippen molar-refractivity contribution < 1.29 is 15.0 Å². The van der Waals surface area contributed by atoms with E-state index in [0.717, 1.165) is 43.2 Å². The van der Waals surface area contributed by atoms with Crippen LogP contribution >= 0.6 is 0 Å². The maximum absolute atomic E-state index is 12.2. The second-order valence-electron chi connectivity index (χ2n) is 6.69. The molecule has 132 valence electrons. The van der Waals surface area contributed by atoms with E-state index in [1.54, 1.807) is 0 Å². The molecule has 0 bridgehead atoms. The standard InChI is InChI=1S/C21H25NO3/c23-20(17-12-6-2-7-13-17)19(16-10-4-1-5-11-16)22(21(24)25)18-14-8-3-9-15-18/h1-2,4-7,10-13,18-20,23H,3,8-9,14-15H2,(H,24,25). The van der Waals surface area contributed by atoms with Crippen LogP contribution in [-0.2, 0) is 0 Å². The molecule has 2 aromatic rings. The minimum absolute atomic E-state index is 0.0465. The zero-order valence-corrected chi connectivity index (χ0v) is 14.3. The van der Waals surface area contributed by atoms with Gasteiger partial charge in [0, 0.05) is 6.04 Å². The summed E-state index contributed by atoms with van der Waals surface area (Å²) in [4.78, 5) is 13.7. The number of amides is 1. The lowest BCUT2D eigenvalue weighted by molar-refractivity contribution is 0.0170. The maximum atomic E-state index is 12.2. The van der Waals surface area contributed by atoms with Gasteiger partial charge in [-0.15, -0.1) is 0 Å². The molecule has 1 aliphatic carbocycles. The summed E-state index contributed by atoms with van der Waals surface area (Å²) in [6.07, 6.45) is 3.09. The molecular formula is C21H25NO3. The summed E-state index contributed by atoms with van der Waals surface area (Å²) >= 11 is 0. The molecule has 0 aromatic heterocycles. The van der Waals surface area contributed by atoms with Crippen LogP contribution in [0.1, 0.15) is 55.4 Å². The average Bonchev–Trinajstić information content (AvgIpc) is 2.67. The molecule has 2 atom stereocenters. The summed E-state index contributed by atoms with van der Waals surface area (Å²) in [5.41, 5.74) is 1.56. The van der Waals surface area contributed by atoms with Crippen molar-refractivity contribution in [2.45, 2.75) is 50.3 Å². The molecule has 1 saturated carbocycles. The summed E-state index contributed by atoms with van der Waals surface area (Å²) in [5, 5.41) is 21.0. The molecular weight excluding hydrogens is 314 g/mol. The molecule has 1 aliphatic rings. The molecule has 4 heteroatoms. The second-order valence-corrected chi connectivity index (χ2v) is 6.69. The quantitative estimate of drug-likeness (QED) is 0.824. The molecule has 25 heavy (non-hydrogen) atoms. The first kappa shape index (κ1) is 17.5. The van der Waals surface area contributed by atoms with Crippen LogP contribution in [0, 0.1) is 0 Å². The van der Waals surface area contributed by atoms with Crippen LogP contribution in [-0.4, -0.2) is 27.2 Å². The molecule has 0 radical (unpaired) electrons. The Morgan fingerprint density at radius 2 is 1.40 bits per heavy atom. The van der Waals surface area contributed by atoms with Crippen molar-refractivity contribution in [2.75, 3.05) is 0 Å². The van der Waals surface area contributed by atoms with Crippen LogP contribution in [0.5, 0.6) is 0 Å². The van der Waals surface area contributed by atoms with Gasteiger partial charge in [-0.05, 0) is 24.0 Å². The average molecular weight is 339 g/mol. The highest BCUT2D eigenvalue weighted by Crippen LogP contribution is 2.38. The predicted octanol–water partition coefficient (Wildman–Crippen LogP) is 4.77. The first-order valence-corrected chi connectivity index (χ1v) is 8.97. The van der Waals surface area contributed by atoms with E-state index in [2.05, 4.69) is 0 Å². The zero-order valence-electron chi connectivity index (χ0n) is 14.3. The van der Waals surface area contributed by atoms with Crippen molar-refractivity contribution in [1.29, 1.82) is 0 Å². The fourth-order valence-corrected chi connectivity index (χ4v) is 3.84. The van der Waals surface area contributed by atoms with Gasteiger partial charge in [0.15, 0.2) is 0 Å². The van der Waals surface area contributed by atoms with Crippen molar-refractivity contribution in [2.24, 2.45) is 0 Å². The van der Waals surface area contributed by atoms with E-state index in [9.17, 15) is 15.0 Å². The van der Waals surface area contributed by atoms with Gasteiger partial charge in [0.1, 0.15) is 6.10 Å². The lowest BCUT2D eigenvalue weighted by Gasteiger charge is -2.40. The Balaban J connectivity index is 2.01. The first-order valence-electron chi connectivity index (χ1n) is 8.97. The molecule has 2 N–H and O–H groups in total. The van der Waals surface area contributed by atoms with Gasteiger partial charge in [-0.2, -0.15) is 0 Å². The van der Waals surface area contributed by atoms with E-state index in [-0.39, 0.29) is 6.04 Å². The van der Waals surface area contributed by atoms with Crippen LogP contribution < -0.4 is 0 Å². The molecule has 1 fully saturated rings. The smallest absolute Gasteiger partial charge is 0.408 e. The second kappa shape index (κ2) is 8.17. The van der Waals surface area contributed by atoms with Gasteiger partial charge >= 0.3 is 6.09 Å². The maximum Gasteiger partial charge on any atom is 0.408 e. The van der Waals surface area contributed by atoms with Crippen LogP contribution in [0.15, 0.2) is 60.7 Å². The summed E-state index contributed by atoms with van der Waals surface area (Å²) in [5.74, 6) is 0. The van der Waals surface area contributed by atoms with Gasteiger partial charge in [-0.25, -0.2) is 4.79 Å². The van der Waals surface area contributed by atoms with Crippen molar-refractivity contribution in [3.8, 4) is 0 Å². The highest BCUT2D eigenvalue weighted by atomic mass is 16.4. The first-order chi connectivity index (χ1) is 12.2. The third kappa shape index (κ3) is 4.02. The molecule has 0 saturated heterocycles. The Morgan fingerprint density at radius 3 is 1.92 bits per heavy atom. The molecule has 4 nitrogen and oxygen atoms in total. The Labute approximate surface area is 148 Å². The number of hydrogen-bond acceptors (Lipinski definition) is 2. The van der Waals surface area contributed by atoms with E-state index in [1.165, 1.54) is 4.90 Å². The monoisotopic (exact) mass is 339 g/mol. The number of nitrogens with zero attached hydrogens (tertiary/aromatic N) is 1. The molecule has 2 aromatic carbocycles. The number of aliphatic hydroxyl groups is 1. The topological polar surface area (TPSA) is 60.8 Å². The number of aliphatic hydroxyl groups excluding tert-OH is 1. The van der Waals surface area contributed by atoms with Crippen molar-refractivity contribution in [3.63, 3.8) is 0 Å². The Hall–Kier alpha value is -2.33. The number of hydrogen-bond donors (Lipinski definition) is 2. The lowest BCUT2D eigenvalue weighted by Crippen LogP contribution is -2.45. The molecule has 3 rings (SSSR count). The normalized spacial score (nSPS) is 17.6. The summed E-state index contributed by atoms with van der Waals surface area (Å²) < 4.78 is 0. The number of benzene rings is 2. The molecule has 0 heterocycles. The Bertz CT molecular complexity index is 668. The van der Waals surface area contributed by atoms with E-state index >= 15 is 0 Å². The van der Waals surface area contributed by atoms with Crippen molar-refractivity contribution >= 4 is 6.09 Å². The Kier molecular flexibility index (Phi) is 5.71. The lowest BCUT2D eigenvalue weighted by atomic mass is 9.89. The summed E-state index contributed by atoms with van der Waals surface area (Å²) in [6.45, 7) is 0. The predicted molar refractivity (Wildman–Crippen MR) is 97.3 cm³/mol. The van der Waals surface area contributed by atoms with Gasteiger partial charge in [0.25, 0.3) is 0 Å². The van der Waals surface area contributed by atoms with Gasteiger partial charge in [0.2, 0.25) is 0 Å². The minimum Gasteiger partial charge on any atom is -0.465 e. The number of carboxylic acid groups (broad SMARTS) is 1. The van der Waals surface area contributed by atoms with E-state index < -0.39 is 18.2 Å².